The lowest BCUT2D eigenvalue weighted by Gasteiger charge is -2.51. The summed E-state index contributed by atoms with van der Waals surface area (Å²) in [5, 5.41) is 3.74. The van der Waals surface area contributed by atoms with Gasteiger partial charge in [-0.2, -0.15) is 0 Å². The van der Waals surface area contributed by atoms with Crippen LogP contribution in [0.5, 0.6) is 0 Å². The summed E-state index contributed by atoms with van der Waals surface area (Å²) in [6, 6.07) is 8.72. The van der Waals surface area contributed by atoms with Crippen molar-refractivity contribution in [1.29, 1.82) is 0 Å². The summed E-state index contributed by atoms with van der Waals surface area (Å²) in [5.74, 6) is 6.93. The molecule has 0 bridgehead atoms. The second-order valence-corrected chi connectivity index (χ2v) is 12.2. The van der Waals surface area contributed by atoms with E-state index in [-0.39, 0.29) is 11.2 Å². The van der Waals surface area contributed by atoms with Crippen LogP contribution < -0.4 is 16.8 Å². The lowest BCUT2D eigenvalue weighted by Crippen LogP contribution is -2.64. The molecule has 2 atom stereocenters. The van der Waals surface area contributed by atoms with Crippen molar-refractivity contribution in [2.24, 2.45) is 27.8 Å². The molecule has 1 spiro atoms. The number of hydrogen-bond donors (Lipinski definition) is 3. The largest absolute Gasteiger partial charge is 0.442 e. The fourth-order valence-corrected chi connectivity index (χ4v) is 6.47. The standard InChI is InChI=1S/C26H29ClN4O3S/c1-16-3-6-19(27)11-20(16)30-17(2)25(28)13-24(14-25)9-10-26(29,15-24)31-23(32)21-7-8-22(34-21)35(33)12-18-4-5-18/h3,6-8,11,18H,4-5,12-15,28-29H2,1-2H3,(H,31,32)/t24?,25?,26-,35-/m0/s1. The molecule has 1 aromatic heterocycles. The highest BCUT2D eigenvalue weighted by Gasteiger charge is 2.58. The van der Waals surface area contributed by atoms with Gasteiger partial charge in [-0.3, -0.25) is 19.7 Å². The number of rotatable bonds is 7. The fourth-order valence-electron chi connectivity index (χ4n) is 4.97. The lowest BCUT2D eigenvalue weighted by atomic mass is 9.55. The number of carbonyl (C=O) groups excluding carboxylic acids is 1. The summed E-state index contributed by atoms with van der Waals surface area (Å²) in [4.78, 5) is 17.5. The van der Waals surface area contributed by atoms with Gasteiger partial charge < -0.3 is 15.5 Å². The molecule has 2 fully saturated rings. The zero-order valence-corrected chi connectivity index (χ0v) is 21.4. The molecule has 0 unspecified atom stereocenters. The molecule has 7 nitrogen and oxygen atoms in total. The first-order valence-corrected chi connectivity index (χ1v) is 13.4. The van der Waals surface area contributed by atoms with E-state index < -0.39 is 27.9 Å². The van der Waals surface area contributed by atoms with Crippen molar-refractivity contribution in [3.8, 4) is 11.8 Å². The molecule has 184 valence electrons. The SMILES string of the molecule is CC(=Nc1cc(Cl)ccc1C)C1(N)CC2(C#C[C@](N)(NC(=O)c3ccc([S@@](=O)CC4CC4)o3)C2)C1. The Balaban J connectivity index is 1.21. The molecule has 3 aliphatic rings. The lowest BCUT2D eigenvalue weighted by molar-refractivity contribution is 0.0809. The van der Waals surface area contributed by atoms with Gasteiger partial charge in [0.2, 0.25) is 0 Å². The molecule has 35 heavy (non-hydrogen) atoms. The Morgan fingerprint density at radius 2 is 1.97 bits per heavy atom. The third kappa shape index (κ3) is 4.96. The van der Waals surface area contributed by atoms with Crippen LogP contribution in [0.3, 0.4) is 0 Å². The average molecular weight is 513 g/mol. The molecule has 0 aliphatic heterocycles. The molecule has 1 amide bonds. The van der Waals surface area contributed by atoms with Crippen LogP contribution in [0.4, 0.5) is 5.69 Å². The van der Waals surface area contributed by atoms with E-state index in [4.69, 9.17) is 32.5 Å². The van der Waals surface area contributed by atoms with E-state index in [9.17, 15) is 9.00 Å². The second kappa shape index (κ2) is 8.59. The Hall–Kier alpha value is -2.44. The smallest absolute Gasteiger partial charge is 0.289 e. The fraction of sp³-hybridized carbons (Fsp3) is 0.462. The van der Waals surface area contributed by atoms with Crippen LogP contribution >= 0.6 is 11.6 Å². The highest BCUT2D eigenvalue weighted by molar-refractivity contribution is 7.84. The van der Waals surface area contributed by atoms with Gasteiger partial charge in [-0.15, -0.1) is 0 Å². The van der Waals surface area contributed by atoms with Crippen molar-refractivity contribution in [3.63, 3.8) is 0 Å². The molecule has 5 rings (SSSR count). The van der Waals surface area contributed by atoms with Crippen LogP contribution in [0.1, 0.15) is 55.1 Å². The molecular weight excluding hydrogens is 484 g/mol. The van der Waals surface area contributed by atoms with E-state index >= 15 is 0 Å². The topological polar surface area (TPSA) is 124 Å². The van der Waals surface area contributed by atoms with Gasteiger partial charge >= 0.3 is 0 Å². The first kappa shape index (κ1) is 24.3. The third-order valence-corrected chi connectivity index (χ3v) is 8.78. The maximum absolute atomic E-state index is 12.8. The number of nitrogens with two attached hydrogens (primary N) is 2. The first-order chi connectivity index (χ1) is 16.5. The highest BCUT2D eigenvalue weighted by Crippen LogP contribution is 2.53. The van der Waals surface area contributed by atoms with Gasteiger partial charge in [-0.25, -0.2) is 0 Å². The van der Waals surface area contributed by atoms with Crippen LogP contribution in [0, 0.1) is 30.1 Å². The van der Waals surface area contributed by atoms with Crippen molar-refractivity contribution in [2.45, 2.75) is 62.2 Å². The summed E-state index contributed by atoms with van der Waals surface area (Å²) >= 11 is 6.13. The Morgan fingerprint density at radius 3 is 2.69 bits per heavy atom. The molecule has 2 aromatic rings. The number of nitrogens with one attached hydrogen (secondary N) is 1. The van der Waals surface area contributed by atoms with E-state index in [1.54, 1.807) is 6.07 Å². The summed E-state index contributed by atoms with van der Waals surface area (Å²) < 4.78 is 17.9. The Morgan fingerprint density at radius 1 is 1.23 bits per heavy atom. The monoisotopic (exact) mass is 512 g/mol. The van der Waals surface area contributed by atoms with Crippen molar-refractivity contribution < 1.29 is 13.4 Å². The maximum Gasteiger partial charge on any atom is 0.289 e. The number of aryl methyl sites for hydroxylation is 1. The summed E-state index contributed by atoms with van der Waals surface area (Å²) in [7, 11) is -1.24. The van der Waals surface area contributed by atoms with E-state index in [1.165, 1.54) is 6.07 Å². The number of hydrogen-bond acceptors (Lipinski definition) is 6. The van der Waals surface area contributed by atoms with Gasteiger partial charge in [0.15, 0.2) is 16.5 Å². The number of benzene rings is 1. The molecule has 3 aliphatic carbocycles. The zero-order chi connectivity index (χ0) is 25.0. The van der Waals surface area contributed by atoms with Gasteiger partial charge in [0.1, 0.15) is 0 Å². The van der Waals surface area contributed by atoms with Crippen LogP contribution in [0.15, 0.2) is 44.8 Å². The van der Waals surface area contributed by atoms with E-state index in [2.05, 4.69) is 17.2 Å². The second-order valence-electron chi connectivity index (χ2n) is 10.3. The van der Waals surface area contributed by atoms with Crippen LogP contribution in [0.2, 0.25) is 5.02 Å². The zero-order valence-electron chi connectivity index (χ0n) is 19.8. The molecule has 1 heterocycles. The van der Waals surface area contributed by atoms with E-state index in [0.29, 0.717) is 41.0 Å². The molecule has 0 radical (unpaired) electrons. The predicted octanol–water partition coefficient (Wildman–Crippen LogP) is 3.82. The highest BCUT2D eigenvalue weighted by atomic mass is 35.5. The average Bonchev–Trinajstić information content (AvgIpc) is 3.31. The Bertz CT molecular complexity index is 1310. The Kier molecular flexibility index (Phi) is 5.96. The number of halogens is 1. The van der Waals surface area contributed by atoms with Gasteiger partial charge in [-0.1, -0.05) is 29.5 Å². The molecule has 1 aromatic carbocycles. The maximum atomic E-state index is 12.8. The number of aliphatic imine (C=N–C) groups is 1. The molecule has 5 N–H and O–H groups in total. The number of furan rings is 1. The summed E-state index contributed by atoms with van der Waals surface area (Å²) in [6.07, 6.45) is 3.83. The minimum atomic E-state index is -1.24. The van der Waals surface area contributed by atoms with Crippen molar-refractivity contribution in [1.82, 2.24) is 5.32 Å². The van der Waals surface area contributed by atoms with E-state index in [0.717, 1.165) is 29.8 Å². The van der Waals surface area contributed by atoms with Crippen LogP contribution in [-0.4, -0.2) is 32.8 Å². The van der Waals surface area contributed by atoms with Crippen molar-refractivity contribution >= 4 is 39.7 Å². The number of carbonyl (C=O) groups is 1. The normalized spacial score (nSPS) is 30.5. The van der Waals surface area contributed by atoms with E-state index in [1.807, 2.05) is 32.0 Å². The van der Waals surface area contributed by atoms with Crippen LogP contribution in [0.25, 0.3) is 0 Å². The molecule has 2 saturated carbocycles. The molecule has 0 saturated heterocycles. The summed E-state index contributed by atoms with van der Waals surface area (Å²) in [5.41, 5.74) is 13.6. The first-order valence-electron chi connectivity index (χ1n) is 11.7. The number of amides is 1. The van der Waals surface area contributed by atoms with Gasteiger partial charge in [0, 0.05) is 28.3 Å². The minimum absolute atomic E-state index is 0.0818. The van der Waals surface area contributed by atoms with Gasteiger partial charge in [-0.05, 0) is 75.3 Å². The Labute approximate surface area is 212 Å². The minimum Gasteiger partial charge on any atom is -0.442 e. The number of nitrogens with zero attached hydrogens (tertiary/aromatic N) is 1. The third-order valence-electron chi connectivity index (χ3n) is 7.11. The van der Waals surface area contributed by atoms with Crippen LogP contribution in [-0.2, 0) is 10.8 Å². The summed E-state index contributed by atoms with van der Waals surface area (Å²) in [6.45, 7) is 3.91. The van der Waals surface area contributed by atoms with Gasteiger partial charge in [0.05, 0.1) is 22.0 Å². The molecular formula is C26H29ClN4O3S. The predicted molar refractivity (Wildman–Crippen MR) is 137 cm³/mol. The molecule has 9 heteroatoms. The van der Waals surface area contributed by atoms with Gasteiger partial charge in [0.25, 0.3) is 5.91 Å². The van der Waals surface area contributed by atoms with Crippen molar-refractivity contribution in [3.05, 3.63) is 46.7 Å². The quantitative estimate of drug-likeness (QED) is 0.295. The van der Waals surface area contributed by atoms with Crippen molar-refractivity contribution in [2.75, 3.05) is 5.75 Å².